The molecule has 188 valence electrons. The van der Waals surface area contributed by atoms with Crippen LogP contribution in [-0.4, -0.2) is 21.3 Å². The number of phenolic OH excluding ortho intramolecular Hbond substituents is 3. The monoisotopic (exact) mass is 482 g/mol. The van der Waals surface area contributed by atoms with Crippen molar-refractivity contribution in [1.29, 1.82) is 0 Å². The highest BCUT2D eigenvalue weighted by Gasteiger charge is 2.22. The summed E-state index contributed by atoms with van der Waals surface area (Å²) in [6, 6.07) is 8.08. The topological polar surface area (TPSA) is 117 Å². The van der Waals surface area contributed by atoms with Gasteiger partial charge in [0.1, 0.15) is 28.2 Å². The number of esters is 1. The third-order valence-corrected chi connectivity index (χ3v) is 6.00. The highest BCUT2D eigenvalue weighted by atomic mass is 16.5. The van der Waals surface area contributed by atoms with Crippen molar-refractivity contribution < 1.29 is 29.3 Å². The van der Waals surface area contributed by atoms with Crippen molar-refractivity contribution in [1.82, 2.24) is 0 Å². The summed E-state index contributed by atoms with van der Waals surface area (Å²) in [5.41, 5.74) is -0.375. The largest absolute Gasteiger partial charge is 0.508 e. The molecule has 0 radical (unpaired) electrons. The van der Waals surface area contributed by atoms with Gasteiger partial charge in [-0.25, -0.2) is 0 Å². The van der Waals surface area contributed by atoms with Gasteiger partial charge >= 0.3 is 5.97 Å². The molecule has 0 bridgehead atoms. The molecular weight excluding hydrogens is 448 g/mol. The second-order valence-electron chi connectivity index (χ2n) is 8.88. The minimum Gasteiger partial charge on any atom is -0.508 e. The Morgan fingerprint density at radius 1 is 0.829 bits per heavy atom. The average molecular weight is 483 g/mol. The predicted molar refractivity (Wildman–Crippen MR) is 135 cm³/mol. The molecule has 0 unspecified atom stereocenters. The maximum Gasteiger partial charge on any atom is 0.311 e. The molecule has 0 fully saturated rings. The molecule has 0 amide bonds. The molecule has 0 saturated carbocycles. The standard InChI is InChI=1S/C28H34O7/c1-2-3-4-5-6-7-8-9-10-11-12-24(32)35-28-26(33)25-22(31)17-21(30)18-23(25)34-27(28)19-13-15-20(29)16-14-19/h13-18,29-31H,2-12H2,1H3. The van der Waals surface area contributed by atoms with Crippen molar-refractivity contribution in [3.8, 4) is 34.3 Å². The van der Waals surface area contributed by atoms with E-state index in [0.29, 0.717) is 12.0 Å². The number of carbonyl (C=O) groups is 1. The van der Waals surface area contributed by atoms with Crippen LogP contribution in [0, 0.1) is 0 Å². The van der Waals surface area contributed by atoms with Gasteiger partial charge in [0.2, 0.25) is 11.2 Å². The van der Waals surface area contributed by atoms with Crippen molar-refractivity contribution in [3.05, 3.63) is 46.6 Å². The Kier molecular flexibility index (Phi) is 9.58. The van der Waals surface area contributed by atoms with E-state index in [2.05, 4.69) is 6.92 Å². The molecule has 0 aliphatic carbocycles. The normalized spacial score (nSPS) is 11.1. The first-order chi connectivity index (χ1) is 16.9. The van der Waals surface area contributed by atoms with Crippen LogP contribution in [0.3, 0.4) is 0 Å². The predicted octanol–water partition coefficient (Wildman–Crippen LogP) is 6.79. The van der Waals surface area contributed by atoms with Crippen LogP contribution < -0.4 is 10.2 Å². The molecule has 3 N–H and O–H groups in total. The Balaban J connectivity index is 1.68. The van der Waals surface area contributed by atoms with Gasteiger partial charge in [-0.2, -0.15) is 0 Å². The van der Waals surface area contributed by atoms with E-state index < -0.39 is 17.1 Å². The van der Waals surface area contributed by atoms with Crippen LogP contribution in [0.15, 0.2) is 45.6 Å². The lowest BCUT2D eigenvalue weighted by atomic mass is 10.1. The second-order valence-corrected chi connectivity index (χ2v) is 8.88. The zero-order valence-corrected chi connectivity index (χ0v) is 20.2. The summed E-state index contributed by atoms with van der Waals surface area (Å²) in [6.07, 6.45) is 11.5. The van der Waals surface area contributed by atoms with Crippen molar-refractivity contribution in [2.45, 2.75) is 77.6 Å². The van der Waals surface area contributed by atoms with Gasteiger partial charge in [-0.3, -0.25) is 9.59 Å². The quantitative estimate of drug-likeness (QED) is 0.181. The zero-order valence-electron chi connectivity index (χ0n) is 20.2. The second kappa shape index (κ2) is 12.8. The average Bonchev–Trinajstić information content (AvgIpc) is 2.82. The van der Waals surface area contributed by atoms with Crippen LogP contribution in [0.2, 0.25) is 0 Å². The first-order valence-corrected chi connectivity index (χ1v) is 12.4. The maximum absolute atomic E-state index is 13.2. The highest BCUT2D eigenvalue weighted by molar-refractivity contribution is 5.89. The van der Waals surface area contributed by atoms with Gasteiger partial charge in [0.25, 0.3) is 0 Å². The number of rotatable bonds is 13. The lowest BCUT2D eigenvalue weighted by Crippen LogP contribution is -2.16. The molecule has 7 heteroatoms. The van der Waals surface area contributed by atoms with Gasteiger partial charge in [0.15, 0.2) is 5.76 Å². The Hall–Kier alpha value is -3.48. The smallest absolute Gasteiger partial charge is 0.311 e. The number of aromatic hydroxyl groups is 3. The number of benzene rings is 2. The van der Waals surface area contributed by atoms with Crippen LogP contribution in [0.5, 0.6) is 23.0 Å². The number of hydrogen-bond donors (Lipinski definition) is 3. The van der Waals surface area contributed by atoms with E-state index in [9.17, 15) is 24.9 Å². The first-order valence-electron chi connectivity index (χ1n) is 12.4. The Morgan fingerprint density at radius 2 is 1.43 bits per heavy atom. The summed E-state index contributed by atoms with van der Waals surface area (Å²) in [7, 11) is 0. The molecule has 0 aliphatic heterocycles. The Morgan fingerprint density at radius 3 is 2.06 bits per heavy atom. The third-order valence-electron chi connectivity index (χ3n) is 6.00. The fourth-order valence-corrected chi connectivity index (χ4v) is 4.09. The molecule has 2 aromatic carbocycles. The molecule has 1 heterocycles. The van der Waals surface area contributed by atoms with E-state index in [1.54, 1.807) is 0 Å². The van der Waals surface area contributed by atoms with Gasteiger partial charge in [0.05, 0.1) is 0 Å². The van der Waals surface area contributed by atoms with Crippen LogP contribution in [0.4, 0.5) is 0 Å². The fraction of sp³-hybridized carbons (Fsp3) is 0.429. The van der Waals surface area contributed by atoms with E-state index >= 15 is 0 Å². The number of fused-ring (bicyclic) bond motifs is 1. The van der Waals surface area contributed by atoms with Crippen molar-refractivity contribution in [3.63, 3.8) is 0 Å². The summed E-state index contributed by atoms with van der Waals surface area (Å²) in [4.78, 5) is 25.7. The maximum atomic E-state index is 13.2. The molecule has 0 spiro atoms. The van der Waals surface area contributed by atoms with Gasteiger partial charge in [0, 0.05) is 24.1 Å². The molecule has 0 saturated heterocycles. The van der Waals surface area contributed by atoms with Crippen molar-refractivity contribution >= 4 is 16.9 Å². The van der Waals surface area contributed by atoms with E-state index in [-0.39, 0.29) is 40.4 Å². The summed E-state index contributed by atoms with van der Waals surface area (Å²) in [5.74, 6) is -1.65. The zero-order chi connectivity index (χ0) is 25.2. The Bertz CT molecular complexity index is 1180. The SMILES string of the molecule is CCCCCCCCCCCCC(=O)Oc1c(-c2ccc(O)cc2)oc2cc(O)cc(O)c2c1=O. The molecule has 35 heavy (non-hydrogen) atoms. The molecule has 0 atom stereocenters. The van der Waals surface area contributed by atoms with Gasteiger partial charge in [-0.1, -0.05) is 64.7 Å². The van der Waals surface area contributed by atoms with Gasteiger partial charge in [-0.15, -0.1) is 0 Å². The molecule has 3 rings (SSSR count). The Labute approximate surface area is 205 Å². The lowest BCUT2D eigenvalue weighted by Gasteiger charge is -2.11. The van der Waals surface area contributed by atoms with Crippen molar-refractivity contribution in [2.75, 3.05) is 0 Å². The van der Waals surface area contributed by atoms with Crippen LogP contribution in [0.25, 0.3) is 22.3 Å². The number of hydrogen-bond acceptors (Lipinski definition) is 7. The highest BCUT2D eigenvalue weighted by Crippen LogP contribution is 2.36. The molecule has 0 aliphatic rings. The summed E-state index contributed by atoms with van der Waals surface area (Å²) >= 11 is 0. The summed E-state index contributed by atoms with van der Waals surface area (Å²) in [6.45, 7) is 2.21. The van der Waals surface area contributed by atoms with Crippen molar-refractivity contribution in [2.24, 2.45) is 0 Å². The first kappa shape index (κ1) is 26.1. The van der Waals surface area contributed by atoms with Crippen LogP contribution in [-0.2, 0) is 4.79 Å². The van der Waals surface area contributed by atoms with E-state index in [0.717, 1.165) is 25.3 Å². The van der Waals surface area contributed by atoms with E-state index in [1.165, 1.54) is 68.9 Å². The van der Waals surface area contributed by atoms with E-state index in [4.69, 9.17) is 9.15 Å². The molecular formula is C28H34O7. The number of carbonyl (C=O) groups excluding carboxylic acids is 1. The number of unbranched alkanes of at least 4 members (excludes halogenated alkanes) is 9. The van der Waals surface area contributed by atoms with Crippen LogP contribution >= 0.6 is 0 Å². The minimum atomic E-state index is -0.719. The van der Waals surface area contributed by atoms with E-state index in [1.807, 2.05) is 0 Å². The number of ether oxygens (including phenoxy) is 1. The summed E-state index contributed by atoms with van der Waals surface area (Å²) < 4.78 is 11.2. The van der Waals surface area contributed by atoms with Gasteiger partial charge in [-0.05, 0) is 30.7 Å². The lowest BCUT2D eigenvalue weighted by molar-refractivity contribution is -0.134. The summed E-state index contributed by atoms with van der Waals surface area (Å²) in [5, 5.41) is 29.4. The van der Waals surface area contributed by atoms with Crippen LogP contribution in [0.1, 0.15) is 77.6 Å². The number of phenols is 3. The van der Waals surface area contributed by atoms with Gasteiger partial charge < -0.3 is 24.5 Å². The fourth-order valence-electron chi connectivity index (χ4n) is 4.09. The molecule has 1 aromatic heterocycles. The molecule has 3 aromatic rings. The molecule has 7 nitrogen and oxygen atoms in total. The minimum absolute atomic E-state index is 0.0201. The third kappa shape index (κ3) is 7.25.